The van der Waals surface area contributed by atoms with Gasteiger partial charge in [0, 0.05) is 31.2 Å². The molecule has 0 bridgehead atoms. The van der Waals surface area contributed by atoms with E-state index in [9.17, 15) is 9.59 Å². The second-order valence-electron chi connectivity index (χ2n) is 8.85. The van der Waals surface area contributed by atoms with Crippen LogP contribution in [0.1, 0.15) is 44.1 Å². The van der Waals surface area contributed by atoms with Crippen LogP contribution in [0.5, 0.6) is 5.75 Å². The predicted molar refractivity (Wildman–Crippen MR) is 119 cm³/mol. The van der Waals surface area contributed by atoms with Gasteiger partial charge in [-0.2, -0.15) is 0 Å². The number of benzene rings is 1. The van der Waals surface area contributed by atoms with Gasteiger partial charge in [0.1, 0.15) is 5.75 Å². The van der Waals surface area contributed by atoms with Gasteiger partial charge >= 0.3 is 0 Å². The number of amides is 2. The summed E-state index contributed by atoms with van der Waals surface area (Å²) in [6, 6.07) is 7.86. The maximum Gasteiger partial charge on any atom is 0.228 e. The van der Waals surface area contributed by atoms with E-state index in [1.807, 2.05) is 29.2 Å². The molecule has 2 amide bonds. The normalized spacial score (nSPS) is 26.4. The van der Waals surface area contributed by atoms with Crippen LogP contribution in [0.2, 0.25) is 0 Å². The Bertz CT molecular complexity index is 751. The SMILES string of the molecule is COc1ccccc1CC(=O)N1CCC(NC(=O)[C@@]23CCCC[C@H]2CNC3)CC1.Cl. The summed E-state index contributed by atoms with van der Waals surface area (Å²) in [5, 5.41) is 6.80. The van der Waals surface area contributed by atoms with Crippen molar-refractivity contribution in [1.29, 1.82) is 0 Å². The molecule has 1 aromatic carbocycles. The number of ether oxygens (including phenoxy) is 1. The lowest BCUT2D eigenvalue weighted by atomic mass is 9.67. The monoisotopic (exact) mass is 435 g/mol. The quantitative estimate of drug-likeness (QED) is 0.745. The number of para-hydroxylation sites is 1. The molecule has 1 aromatic rings. The van der Waals surface area contributed by atoms with Gasteiger partial charge in [-0.15, -0.1) is 12.4 Å². The maximum absolute atomic E-state index is 13.2. The molecule has 0 aromatic heterocycles. The predicted octanol–water partition coefficient (Wildman–Crippen LogP) is 2.55. The van der Waals surface area contributed by atoms with Crippen LogP contribution in [0.4, 0.5) is 0 Å². The first kappa shape index (κ1) is 22.9. The number of methoxy groups -OCH3 is 1. The Hall–Kier alpha value is -1.79. The van der Waals surface area contributed by atoms with Gasteiger partial charge in [-0.05, 0) is 44.2 Å². The van der Waals surface area contributed by atoms with E-state index in [-0.39, 0.29) is 35.7 Å². The average Bonchev–Trinajstić information content (AvgIpc) is 3.20. The van der Waals surface area contributed by atoms with Crippen LogP contribution in [0, 0.1) is 11.3 Å². The summed E-state index contributed by atoms with van der Waals surface area (Å²) in [5.41, 5.74) is 0.723. The topological polar surface area (TPSA) is 70.7 Å². The number of halogens is 1. The Labute approximate surface area is 185 Å². The molecule has 3 aliphatic rings. The fourth-order valence-electron chi connectivity index (χ4n) is 5.42. The smallest absolute Gasteiger partial charge is 0.228 e. The molecule has 30 heavy (non-hydrogen) atoms. The fraction of sp³-hybridized carbons (Fsp3) is 0.652. The number of rotatable bonds is 5. The first-order chi connectivity index (χ1) is 14.1. The van der Waals surface area contributed by atoms with Crippen molar-refractivity contribution in [3.8, 4) is 5.75 Å². The molecule has 0 radical (unpaired) electrons. The van der Waals surface area contributed by atoms with Crippen molar-refractivity contribution in [1.82, 2.24) is 15.5 Å². The molecule has 2 N–H and O–H groups in total. The third-order valence-electron chi connectivity index (χ3n) is 7.21. The summed E-state index contributed by atoms with van der Waals surface area (Å²) in [5.74, 6) is 1.62. The molecule has 2 heterocycles. The van der Waals surface area contributed by atoms with Crippen LogP contribution in [0.3, 0.4) is 0 Å². The van der Waals surface area contributed by atoms with Crippen LogP contribution in [-0.2, 0) is 16.0 Å². The summed E-state index contributed by atoms with van der Waals surface area (Å²) in [6.07, 6.45) is 6.59. The van der Waals surface area contributed by atoms with Crippen molar-refractivity contribution >= 4 is 24.2 Å². The van der Waals surface area contributed by atoms with Crippen LogP contribution in [-0.4, -0.2) is 56.0 Å². The van der Waals surface area contributed by atoms with Crippen molar-refractivity contribution in [3.05, 3.63) is 29.8 Å². The zero-order valence-corrected chi connectivity index (χ0v) is 18.6. The second kappa shape index (κ2) is 10.0. The Kier molecular flexibility index (Phi) is 7.64. The minimum Gasteiger partial charge on any atom is -0.496 e. The Morgan fingerprint density at radius 1 is 1.20 bits per heavy atom. The summed E-state index contributed by atoms with van der Waals surface area (Å²) in [6.45, 7) is 3.20. The molecular weight excluding hydrogens is 402 g/mol. The molecule has 0 spiro atoms. The van der Waals surface area contributed by atoms with E-state index in [1.165, 1.54) is 6.42 Å². The van der Waals surface area contributed by atoms with E-state index < -0.39 is 0 Å². The highest BCUT2D eigenvalue weighted by atomic mass is 35.5. The van der Waals surface area contributed by atoms with Crippen LogP contribution >= 0.6 is 12.4 Å². The van der Waals surface area contributed by atoms with Gasteiger partial charge in [0.25, 0.3) is 0 Å². The number of nitrogens with zero attached hydrogens (tertiary/aromatic N) is 1. The van der Waals surface area contributed by atoms with Gasteiger partial charge in [-0.1, -0.05) is 31.0 Å². The summed E-state index contributed by atoms with van der Waals surface area (Å²) in [4.78, 5) is 27.8. The van der Waals surface area contributed by atoms with E-state index in [1.54, 1.807) is 7.11 Å². The zero-order valence-electron chi connectivity index (χ0n) is 17.8. The summed E-state index contributed by atoms with van der Waals surface area (Å²) >= 11 is 0. The molecular formula is C23H34ClN3O3. The first-order valence-electron chi connectivity index (χ1n) is 11.0. The zero-order chi connectivity index (χ0) is 20.3. The van der Waals surface area contributed by atoms with Crippen molar-refractivity contribution < 1.29 is 14.3 Å². The van der Waals surface area contributed by atoms with E-state index in [0.29, 0.717) is 25.4 Å². The molecule has 7 heteroatoms. The van der Waals surface area contributed by atoms with E-state index in [0.717, 1.165) is 56.5 Å². The lowest BCUT2D eigenvalue weighted by Gasteiger charge is -2.39. The van der Waals surface area contributed by atoms with Crippen molar-refractivity contribution in [3.63, 3.8) is 0 Å². The minimum absolute atomic E-state index is 0. The van der Waals surface area contributed by atoms with Gasteiger partial charge in [-0.25, -0.2) is 0 Å². The molecule has 3 fully saturated rings. The Balaban J connectivity index is 0.00000256. The van der Waals surface area contributed by atoms with Gasteiger partial charge in [0.05, 0.1) is 18.9 Å². The highest BCUT2D eigenvalue weighted by molar-refractivity contribution is 5.85. The molecule has 0 unspecified atom stereocenters. The molecule has 1 aliphatic carbocycles. The average molecular weight is 436 g/mol. The number of hydrogen-bond acceptors (Lipinski definition) is 4. The van der Waals surface area contributed by atoms with E-state index in [2.05, 4.69) is 10.6 Å². The van der Waals surface area contributed by atoms with E-state index in [4.69, 9.17) is 4.74 Å². The number of piperidine rings is 1. The third kappa shape index (κ3) is 4.59. The van der Waals surface area contributed by atoms with Gasteiger partial charge < -0.3 is 20.3 Å². The van der Waals surface area contributed by atoms with Gasteiger partial charge in [0.2, 0.25) is 11.8 Å². The third-order valence-corrected chi connectivity index (χ3v) is 7.21. The molecule has 2 saturated heterocycles. The number of carbonyl (C=O) groups excluding carboxylic acids is 2. The van der Waals surface area contributed by atoms with Gasteiger partial charge in [-0.3, -0.25) is 9.59 Å². The second-order valence-corrected chi connectivity index (χ2v) is 8.85. The number of carbonyl (C=O) groups is 2. The first-order valence-corrected chi connectivity index (χ1v) is 11.0. The van der Waals surface area contributed by atoms with Gasteiger partial charge in [0.15, 0.2) is 0 Å². The molecule has 6 nitrogen and oxygen atoms in total. The van der Waals surface area contributed by atoms with Crippen molar-refractivity contribution in [2.45, 2.75) is 51.0 Å². The number of hydrogen-bond donors (Lipinski definition) is 2. The van der Waals surface area contributed by atoms with Crippen LogP contribution in [0.25, 0.3) is 0 Å². The lowest BCUT2D eigenvalue weighted by molar-refractivity contribution is -0.135. The van der Waals surface area contributed by atoms with Crippen molar-refractivity contribution in [2.24, 2.45) is 11.3 Å². The number of nitrogens with one attached hydrogen (secondary N) is 2. The lowest BCUT2D eigenvalue weighted by Crippen LogP contribution is -2.53. The van der Waals surface area contributed by atoms with E-state index >= 15 is 0 Å². The molecule has 2 atom stereocenters. The summed E-state index contributed by atoms with van der Waals surface area (Å²) in [7, 11) is 1.63. The van der Waals surface area contributed by atoms with Crippen molar-refractivity contribution in [2.75, 3.05) is 33.3 Å². The highest BCUT2D eigenvalue weighted by Gasteiger charge is 2.50. The standard InChI is InChI=1S/C23H33N3O3.ClH/c1-29-20-8-3-2-6-17(20)14-21(27)26-12-9-19(10-13-26)25-22(28)23-11-5-4-7-18(23)15-24-16-23;/h2-3,6,8,18-19,24H,4-5,7,9-16H2,1H3,(H,25,28);1H/t18-,23+;/m0./s1. The summed E-state index contributed by atoms with van der Waals surface area (Å²) < 4.78 is 5.36. The molecule has 2 aliphatic heterocycles. The molecule has 4 rings (SSSR count). The molecule has 166 valence electrons. The largest absolute Gasteiger partial charge is 0.496 e. The number of likely N-dealkylation sites (tertiary alicyclic amines) is 1. The van der Waals surface area contributed by atoms with Crippen LogP contribution < -0.4 is 15.4 Å². The minimum atomic E-state index is -0.199. The Morgan fingerprint density at radius 2 is 1.97 bits per heavy atom. The Morgan fingerprint density at radius 3 is 2.73 bits per heavy atom. The fourth-order valence-corrected chi connectivity index (χ4v) is 5.42. The maximum atomic E-state index is 13.2. The van der Waals surface area contributed by atoms with Crippen LogP contribution in [0.15, 0.2) is 24.3 Å². The molecule has 1 saturated carbocycles. The number of fused-ring (bicyclic) bond motifs is 1. The highest BCUT2D eigenvalue weighted by Crippen LogP contribution is 2.44.